The Balaban J connectivity index is 1.61. The Morgan fingerprint density at radius 2 is 1.71 bits per heavy atom. The number of hydrogen-bond donors (Lipinski definition) is 2. The Morgan fingerprint density at radius 3 is 2.29 bits per heavy atom. The zero-order valence-corrected chi connectivity index (χ0v) is 11.4. The second-order valence-corrected chi connectivity index (χ2v) is 6.37. The first kappa shape index (κ1) is 13.1. The van der Waals surface area contributed by atoms with Gasteiger partial charge in [-0.05, 0) is 30.3 Å². The summed E-state index contributed by atoms with van der Waals surface area (Å²) in [5, 5.41) is 6.14. The first-order valence-electron chi connectivity index (χ1n) is 6.96. The molecule has 0 aromatic carbocycles. The second kappa shape index (κ2) is 7.14. The van der Waals surface area contributed by atoms with Gasteiger partial charge in [-0.2, -0.15) is 11.8 Å². The lowest BCUT2D eigenvalue weighted by molar-refractivity contribution is 0.232. The highest BCUT2D eigenvalue weighted by molar-refractivity contribution is 8.00. The fourth-order valence-corrected chi connectivity index (χ4v) is 3.28. The van der Waals surface area contributed by atoms with E-state index < -0.39 is 0 Å². The van der Waals surface area contributed by atoms with E-state index in [9.17, 15) is 4.79 Å². The molecule has 1 heterocycles. The van der Waals surface area contributed by atoms with Crippen LogP contribution in [-0.2, 0) is 0 Å². The minimum absolute atomic E-state index is 0.0486. The van der Waals surface area contributed by atoms with Crippen molar-refractivity contribution in [1.82, 2.24) is 10.6 Å². The van der Waals surface area contributed by atoms with E-state index >= 15 is 0 Å². The second-order valence-electron chi connectivity index (χ2n) is 5.30. The van der Waals surface area contributed by atoms with E-state index in [1.807, 2.05) is 11.8 Å². The standard InChI is InChI=1S/C13H24N2OS/c16-13(14-8-11-9-17-10-11)15-12-6-4-2-1-3-5-7-12/h11-12H,1-10H2,(H2,14,15,16). The average Bonchev–Trinajstić information content (AvgIpc) is 2.19. The molecule has 0 unspecified atom stereocenters. The van der Waals surface area contributed by atoms with Crippen LogP contribution in [0, 0.1) is 5.92 Å². The topological polar surface area (TPSA) is 41.1 Å². The molecule has 4 heteroatoms. The molecular weight excluding hydrogens is 232 g/mol. The lowest BCUT2D eigenvalue weighted by Crippen LogP contribution is -2.45. The molecule has 2 amide bonds. The van der Waals surface area contributed by atoms with Crippen molar-refractivity contribution in [2.45, 2.75) is 51.0 Å². The molecule has 2 fully saturated rings. The summed E-state index contributed by atoms with van der Waals surface area (Å²) in [5.74, 6) is 3.14. The number of carbonyl (C=O) groups excluding carboxylic acids is 1. The Labute approximate surface area is 108 Å². The van der Waals surface area contributed by atoms with Crippen LogP contribution >= 0.6 is 11.8 Å². The van der Waals surface area contributed by atoms with Gasteiger partial charge in [0, 0.05) is 12.6 Å². The zero-order chi connectivity index (χ0) is 11.9. The quantitative estimate of drug-likeness (QED) is 0.815. The number of rotatable bonds is 3. The molecule has 1 saturated heterocycles. The molecule has 98 valence electrons. The first-order chi connectivity index (χ1) is 8.34. The fraction of sp³-hybridized carbons (Fsp3) is 0.923. The predicted molar refractivity (Wildman–Crippen MR) is 73.5 cm³/mol. The summed E-state index contributed by atoms with van der Waals surface area (Å²) >= 11 is 1.97. The maximum atomic E-state index is 11.7. The van der Waals surface area contributed by atoms with Crippen molar-refractivity contribution >= 4 is 17.8 Å². The van der Waals surface area contributed by atoms with Gasteiger partial charge in [-0.3, -0.25) is 0 Å². The van der Waals surface area contributed by atoms with Crippen molar-refractivity contribution in [2.75, 3.05) is 18.1 Å². The number of hydrogen-bond acceptors (Lipinski definition) is 2. The van der Waals surface area contributed by atoms with Gasteiger partial charge in [-0.25, -0.2) is 4.79 Å². The van der Waals surface area contributed by atoms with Crippen molar-refractivity contribution in [1.29, 1.82) is 0 Å². The number of carbonyl (C=O) groups is 1. The van der Waals surface area contributed by atoms with Crippen LogP contribution in [0.2, 0.25) is 0 Å². The Hall–Kier alpha value is -0.380. The summed E-state index contributed by atoms with van der Waals surface area (Å²) in [6.45, 7) is 0.853. The van der Waals surface area contributed by atoms with Crippen LogP contribution in [-0.4, -0.2) is 30.1 Å². The van der Waals surface area contributed by atoms with E-state index in [4.69, 9.17) is 0 Å². The maximum absolute atomic E-state index is 11.7. The van der Waals surface area contributed by atoms with Crippen molar-refractivity contribution in [2.24, 2.45) is 5.92 Å². The molecule has 0 bridgehead atoms. The van der Waals surface area contributed by atoms with E-state index in [0.29, 0.717) is 12.0 Å². The minimum atomic E-state index is 0.0486. The molecular formula is C13H24N2OS. The van der Waals surface area contributed by atoms with Crippen LogP contribution in [0.4, 0.5) is 4.79 Å². The van der Waals surface area contributed by atoms with E-state index in [-0.39, 0.29) is 6.03 Å². The molecule has 17 heavy (non-hydrogen) atoms. The molecule has 1 aliphatic heterocycles. The molecule has 2 rings (SSSR count). The lowest BCUT2D eigenvalue weighted by atomic mass is 9.97. The lowest BCUT2D eigenvalue weighted by Gasteiger charge is -2.26. The highest BCUT2D eigenvalue weighted by atomic mass is 32.2. The fourth-order valence-electron chi connectivity index (χ4n) is 2.48. The van der Waals surface area contributed by atoms with E-state index in [1.165, 1.54) is 43.6 Å². The van der Waals surface area contributed by atoms with Crippen LogP contribution in [0.3, 0.4) is 0 Å². The van der Waals surface area contributed by atoms with Gasteiger partial charge in [0.25, 0.3) is 0 Å². The van der Waals surface area contributed by atoms with Gasteiger partial charge >= 0.3 is 6.03 Å². The molecule has 3 nitrogen and oxygen atoms in total. The summed E-state index contributed by atoms with van der Waals surface area (Å²) < 4.78 is 0. The molecule has 1 saturated carbocycles. The van der Waals surface area contributed by atoms with Gasteiger partial charge < -0.3 is 10.6 Å². The number of thioether (sulfide) groups is 1. The minimum Gasteiger partial charge on any atom is -0.338 e. The normalized spacial score (nSPS) is 23.3. The third-order valence-electron chi connectivity index (χ3n) is 3.70. The van der Waals surface area contributed by atoms with Gasteiger partial charge in [0.05, 0.1) is 0 Å². The van der Waals surface area contributed by atoms with Crippen LogP contribution < -0.4 is 10.6 Å². The van der Waals surface area contributed by atoms with E-state index in [1.54, 1.807) is 0 Å². The third kappa shape index (κ3) is 4.78. The molecule has 0 radical (unpaired) electrons. The molecule has 0 spiro atoms. The third-order valence-corrected chi connectivity index (χ3v) is 5.11. The number of urea groups is 1. The van der Waals surface area contributed by atoms with Gasteiger partial charge in [0.15, 0.2) is 0 Å². The molecule has 2 aliphatic rings. The van der Waals surface area contributed by atoms with Crippen molar-refractivity contribution < 1.29 is 4.79 Å². The van der Waals surface area contributed by atoms with Crippen LogP contribution in [0.5, 0.6) is 0 Å². The summed E-state index contributed by atoms with van der Waals surface area (Å²) in [7, 11) is 0. The summed E-state index contributed by atoms with van der Waals surface area (Å²) in [6, 6.07) is 0.457. The monoisotopic (exact) mass is 256 g/mol. The van der Waals surface area contributed by atoms with Crippen LogP contribution in [0.1, 0.15) is 44.9 Å². The maximum Gasteiger partial charge on any atom is 0.315 e. The molecule has 0 aromatic rings. The first-order valence-corrected chi connectivity index (χ1v) is 8.12. The van der Waals surface area contributed by atoms with Crippen LogP contribution in [0.15, 0.2) is 0 Å². The largest absolute Gasteiger partial charge is 0.338 e. The Kier molecular flexibility index (Phi) is 5.49. The molecule has 1 aliphatic carbocycles. The van der Waals surface area contributed by atoms with Gasteiger partial charge in [0.1, 0.15) is 0 Å². The zero-order valence-electron chi connectivity index (χ0n) is 10.5. The predicted octanol–water partition coefficient (Wildman–Crippen LogP) is 2.76. The Morgan fingerprint density at radius 1 is 1.06 bits per heavy atom. The Bertz CT molecular complexity index is 236. The van der Waals surface area contributed by atoms with Crippen LogP contribution in [0.25, 0.3) is 0 Å². The highest BCUT2D eigenvalue weighted by Gasteiger charge is 2.19. The average molecular weight is 256 g/mol. The molecule has 2 N–H and O–H groups in total. The highest BCUT2D eigenvalue weighted by Crippen LogP contribution is 2.23. The summed E-state index contributed by atoms with van der Waals surface area (Å²) in [5.41, 5.74) is 0. The SMILES string of the molecule is O=C(NCC1CSC1)NC1CCCCCCC1. The van der Waals surface area contributed by atoms with E-state index in [0.717, 1.165) is 19.4 Å². The van der Waals surface area contributed by atoms with E-state index in [2.05, 4.69) is 10.6 Å². The summed E-state index contributed by atoms with van der Waals surface area (Å²) in [6.07, 6.45) is 8.89. The van der Waals surface area contributed by atoms with Gasteiger partial charge in [-0.15, -0.1) is 0 Å². The van der Waals surface area contributed by atoms with Gasteiger partial charge in [0.2, 0.25) is 0 Å². The van der Waals surface area contributed by atoms with Crippen molar-refractivity contribution in [3.8, 4) is 0 Å². The smallest absolute Gasteiger partial charge is 0.315 e. The van der Waals surface area contributed by atoms with Gasteiger partial charge in [-0.1, -0.05) is 32.1 Å². The number of nitrogens with one attached hydrogen (secondary N) is 2. The summed E-state index contributed by atoms with van der Waals surface area (Å²) in [4.78, 5) is 11.7. The van der Waals surface area contributed by atoms with Crippen molar-refractivity contribution in [3.63, 3.8) is 0 Å². The number of amides is 2. The van der Waals surface area contributed by atoms with Crippen molar-refractivity contribution in [3.05, 3.63) is 0 Å². The molecule has 0 atom stereocenters. The molecule has 0 aromatic heterocycles.